The van der Waals surface area contributed by atoms with Crippen LogP contribution in [0, 0.1) is 12.8 Å². The molecule has 0 spiro atoms. The molecule has 0 aliphatic rings. The van der Waals surface area contributed by atoms with Gasteiger partial charge < -0.3 is 5.32 Å². The van der Waals surface area contributed by atoms with E-state index in [1.54, 1.807) is 0 Å². The molecule has 1 atom stereocenters. The fraction of sp³-hybridized carbons (Fsp3) is 0.533. The standard InChI is InChI=1S/C15H23NO/c1-5-10-16-15(17)14(11(2)3)13-8-6-12(4)7-9-13/h6-9,11,14H,5,10H2,1-4H3,(H,16,17). The van der Waals surface area contributed by atoms with Crippen molar-refractivity contribution in [3.05, 3.63) is 35.4 Å². The van der Waals surface area contributed by atoms with Gasteiger partial charge in [-0.15, -0.1) is 0 Å². The zero-order chi connectivity index (χ0) is 12.8. The molecule has 2 nitrogen and oxygen atoms in total. The first-order chi connectivity index (χ1) is 8.06. The third kappa shape index (κ3) is 3.88. The highest BCUT2D eigenvalue weighted by molar-refractivity contribution is 5.83. The number of hydrogen-bond donors (Lipinski definition) is 1. The number of benzene rings is 1. The van der Waals surface area contributed by atoms with E-state index in [4.69, 9.17) is 0 Å². The summed E-state index contributed by atoms with van der Waals surface area (Å²) in [4.78, 5) is 12.1. The van der Waals surface area contributed by atoms with Gasteiger partial charge in [-0.1, -0.05) is 50.6 Å². The molecular weight excluding hydrogens is 210 g/mol. The zero-order valence-corrected chi connectivity index (χ0v) is 11.3. The minimum Gasteiger partial charge on any atom is -0.356 e. The predicted molar refractivity (Wildman–Crippen MR) is 72.1 cm³/mol. The summed E-state index contributed by atoms with van der Waals surface area (Å²) in [5.41, 5.74) is 2.34. The normalized spacial score (nSPS) is 12.5. The number of aryl methyl sites for hydroxylation is 1. The van der Waals surface area contributed by atoms with Crippen molar-refractivity contribution in [3.63, 3.8) is 0 Å². The molecule has 0 bridgehead atoms. The van der Waals surface area contributed by atoms with Crippen LogP contribution in [0.25, 0.3) is 0 Å². The van der Waals surface area contributed by atoms with E-state index >= 15 is 0 Å². The summed E-state index contributed by atoms with van der Waals surface area (Å²) >= 11 is 0. The third-order valence-corrected chi connectivity index (χ3v) is 2.93. The summed E-state index contributed by atoms with van der Waals surface area (Å²) in [5, 5.41) is 2.99. The Morgan fingerprint density at radius 2 is 1.82 bits per heavy atom. The highest BCUT2D eigenvalue weighted by Gasteiger charge is 2.23. The van der Waals surface area contributed by atoms with Crippen LogP contribution >= 0.6 is 0 Å². The van der Waals surface area contributed by atoms with Gasteiger partial charge in [0.2, 0.25) is 5.91 Å². The van der Waals surface area contributed by atoms with Crippen molar-refractivity contribution < 1.29 is 4.79 Å². The second kappa shape index (κ2) is 6.43. The van der Waals surface area contributed by atoms with E-state index < -0.39 is 0 Å². The van der Waals surface area contributed by atoms with E-state index in [1.165, 1.54) is 5.56 Å². The van der Waals surface area contributed by atoms with Gasteiger partial charge >= 0.3 is 0 Å². The van der Waals surface area contributed by atoms with Crippen LogP contribution in [0.15, 0.2) is 24.3 Å². The Kier molecular flexibility index (Phi) is 5.20. The summed E-state index contributed by atoms with van der Waals surface area (Å²) in [5.74, 6) is 0.419. The average Bonchev–Trinajstić information content (AvgIpc) is 2.29. The van der Waals surface area contributed by atoms with Crippen LogP contribution in [0.2, 0.25) is 0 Å². The summed E-state index contributed by atoms with van der Waals surface area (Å²) in [7, 11) is 0. The van der Waals surface area contributed by atoms with Crippen LogP contribution < -0.4 is 5.32 Å². The van der Waals surface area contributed by atoms with Gasteiger partial charge in [-0.05, 0) is 24.8 Å². The van der Waals surface area contributed by atoms with E-state index in [2.05, 4.69) is 57.3 Å². The average molecular weight is 233 g/mol. The van der Waals surface area contributed by atoms with E-state index in [1.807, 2.05) is 0 Å². The number of carbonyl (C=O) groups excluding carboxylic acids is 1. The van der Waals surface area contributed by atoms with Gasteiger partial charge in [-0.2, -0.15) is 0 Å². The van der Waals surface area contributed by atoms with Gasteiger partial charge in [-0.3, -0.25) is 4.79 Å². The summed E-state index contributed by atoms with van der Waals surface area (Å²) in [6, 6.07) is 8.26. The Balaban J connectivity index is 2.85. The Hall–Kier alpha value is -1.31. The van der Waals surface area contributed by atoms with Crippen LogP contribution in [0.1, 0.15) is 44.2 Å². The predicted octanol–water partition coefficient (Wildman–Crippen LogP) is 3.26. The van der Waals surface area contributed by atoms with Crippen molar-refractivity contribution >= 4 is 5.91 Å². The summed E-state index contributed by atoms with van der Waals surface area (Å²) in [6.07, 6.45) is 0.977. The molecule has 17 heavy (non-hydrogen) atoms. The molecule has 0 saturated carbocycles. The quantitative estimate of drug-likeness (QED) is 0.831. The van der Waals surface area contributed by atoms with E-state index in [9.17, 15) is 4.79 Å². The maximum atomic E-state index is 12.1. The van der Waals surface area contributed by atoms with E-state index in [0.29, 0.717) is 5.92 Å². The number of rotatable bonds is 5. The van der Waals surface area contributed by atoms with Gasteiger partial charge in [0.05, 0.1) is 5.92 Å². The molecule has 1 rings (SSSR count). The van der Waals surface area contributed by atoms with E-state index in [0.717, 1.165) is 18.5 Å². The van der Waals surface area contributed by atoms with Gasteiger partial charge in [0, 0.05) is 6.54 Å². The summed E-state index contributed by atoms with van der Waals surface area (Å²) < 4.78 is 0. The molecule has 1 aromatic rings. The second-order valence-electron chi connectivity index (χ2n) is 4.92. The molecule has 1 N–H and O–H groups in total. The first kappa shape index (κ1) is 13.8. The SMILES string of the molecule is CCCNC(=O)C(c1ccc(C)cc1)C(C)C. The molecule has 0 heterocycles. The highest BCUT2D eigenvalue weighted by atomic mass is 16.1. The molecule has 0 saturated heterocycles. The van der Waals surface area contributed by atoms with Crippen molar-refractivity contribution in [2.75, 3.05) is 6.54 Å². The minimum absolute atomic E-state index is 0.0397. The molecule has 1 amide bonds. The lowest BCUT2D eigenvalue weighted by molar-refractivity contribution is -0.123. The van der Waals surface area contributed by atoms with Gasteiger partial charge in [0.1, 0.15) is 0 Å². The number of nitrogens with one attached hydrogen (secondary N) is 1. The molecule has 1 unspecified atom stereocenters. The first-order valence-electron chi connectivity index (χ1n) is 6.40. The van der Waals surface area contributed by atoms with Gasteiger partial charge in [0.15, 0.2) is 0 Å². The molecule has 0 radical (unpaired) electrons. The number of carbonyl (C=O) groups is 1. The molecule has 0 aliphatic heterocycles. The molecule has 0 aliphatic carbocycles. The van der Waals surface area contributed by atoms with Crippen LogP contribution in [-0.2, 0) is 4.79 Å². The molecule has 2 heteroatoms. The molecule has 0 fully saturated rings. The molecular formula is C15H23NO. The topological polar surface area (TPSA) is 29.1 Å². The first-order valence-corrected chi connectivity index (χ1v) is 6.40. The summed E-state index contributed by atoms with van der Waals surface area (Å²) in [6.45, 7) is 9.07. The Labute approximate surface area is 104 Å². The van der Waals surface area contributed by atoms with Crippen molar-refractivity contribution in [1.82, 2.24) is 5.32 Å². The lowest BCUT2D eigenvalue weighted by Gasteiger charge is -2.20. The van der Waals surface area contributed by atoms with Crippen molar-refractivity contribution in [3.8, 4) is 0 Å². The monoisotopic (exact) mass is 233 g/mol. The highest BCUT2D eigenvalue weighted by Crippen LogP contribution is 2.24. The smallest absolute Gasteiger partial charge is 0.227 e. The fourth-order valence-electron chi connectivity index (χ4n) is 1.97. The van der Waals surface area contributed by atoms with Crippen molar-refractivity contribution in [2.24, 2.45) is 5.92 Å². The number of hydrogen-bond acceptors (Lipinski definition) is 1. The van der Waals surface area contributed by atoms with Crippen LogP contribution in [0.3, 0.4) is 0 Å². The second-order valence-corrected chi connectivity index (χ2v) is 4.92. The maximum Gasteiger partial charge on any atom is 0.227 e. The third-order valence-electron chi connectivity index (χ3n) is 2.93. The van der Waals surface area contributed by atoms with Crippen LogP contribution in [0.5, 0.6) is 0 Å². The molecule has 94 valence electrons. The minimum atomic E-state index is -0.0397. The zero-order valence-electron chi connectivity index (χ0n) is 11.3. The Morgan fingerprint density at radius 3 is 2.29 bits per heavy atom. The van der Waals surface area contributed by atoms with Crippen LogP contribution in [0.4, 0.5) is 0 Å². The Morgan fingerprint density at radius 1 is 1.24 bits per heavy atom. The molecule has 1 aromatic carbocycles. The fourth-order valence-corrected chi connectivity index (χ4v) is 1.97. The largest absolute Gasteiger partial charge is 0.356 e. The lowest BCUT2D eigenvalue weighted by atomic mass is 9.87. The van der Waals surface area contributed by atoms with Crippen LogP contribution in [-0.4, -0.2) is 12.5 Å². The van der Waals surface area contributed by atoms with E-state index in [-0.39, 0.29) is 11.8 Å². The van der Waals surface area contributed by atoms with Gasteiger partial charge in [-0.25, -0.2) is 0 Å². The molecule has 0 aromatic heterocycles. The van der Waals surface area contributed by atoms with Crippen molar-refractivity contribution in [1.29, 1.82) is 0 Å². The van der Waals surface area contributed by atoms with Crippen molar-refractivity contribution in [2.45, 2.75) is 40.0 Å². The Bertz CT molecular complexity index is 354. The van der Waals surface area contributed by atoms with Gasteiger partial charge in [0.25, 0.3) is 0 Å². The number of amides is 1. The maximum absolute atomic E-state index is 12.1. The lowest BCUT2D eigenvalue weighted by Crippen LogP contribution is -2.32.